The van der Waals surface area contributed by atoms with Crippen LogP contribution in [0.4, 0.5) is 4.39 Å². The van der Waals surface area contributed by atoms with E-state index in [1.807, 2.05) is 6.92 Å². The fraction of sp³-hybridized carbons (Fsp3) is 0.333. The van der Waals surface area contributed by atoms with Gasteiger partial charge >= 0.3 is 0 Å². The lowest BCUT2D eigenvalue weighted by atomic mass is 10.2. The van der Waals surface area contributed by atoms with E-state index in [4.69, 9.17) is 9.26 Å². The van der Waals surface area contributed by atoms with Crippen molar-refractivity contribution in [3.63, 3.8) is 0 Å². The summed E-state index contributed by atoms with van der Waals surface area (Å²) in [4.78, 5) is 4.11. The van der Waals surface area contributed by atoms with Crippen LogP contribution in [0.25, 0.3) is 0 Å². The molecule has 0 radical (unpaired) electrons. The van der Waals surface area contributed by atoms with Crippen LogP contribution in [0.1, 0.15) is 24.2 Å². The number of hydrogen-bond donors (Lipinski definition) is 0. The Hall–Kier alpha value is -1.91. The molecule has 0 spiro atoms. The first-order valence-electron chi connectivity index (χ1n) is 5.39. The summed E-state index contributed by atoms with van der Waals surface area (Å²) in [7, 11) is 0. The van der Waals surface area contributed by atoms with E-state index in [-0.39, 0.29) is 12.4 Å². The second kappa shape index (κ2) is 4.95. The molecule has 1 heterocycles. The van der Waals surface area contributed by atoms with Crippen molar-refractivity contribution in [2.45, 2.75) is 26.9 Å². The van der Waals surface area contributed by atoms with Gasteiger partial charge in [-0.05, 0) is 30.7 Å². The van der Waals surface area contributed by atoms with Crippen LogP contribution >= 0.6 is 0 Å². The Morgan fingerprint density at radius 2 is 2.24 bits per heavy atom. The molecule has 0 fully saturated rings. The van der Waals surface area contributed by atoms with Crippen LogP contribution in [-0.4, -0.2) is 10.1 Å². The smallest absolute Gasteiger partial charge is 0.264 e. The van der Waals surface area contributed by atoms with E-state index in [2.05, 4.69) is 10.1 Å². The first-order chi connectivity index (χ1) is 8.19. The highest BCUT2D eigenvalue weighted by atomic mass is 19.1. The number of halogens is 1. The summed E-state index contributed by atoms with van der Waals surface area (Å²) in [6, 6.07) is 4.36. The van der Waals surface area contributed by atoms with Gasteiger partial charge in [0, 0.05) is 6.42 Å². The molecule has 0 saturated carbocycles. The van der Waals surface area contributed by atoms with Crippen molar-refractivity contribution in [1.82, 2.24) is 10.1 Å². The average molecular weight is 236 g/mol. The molecule has 1 aromatic heterocycles. The van der Waals surface area contributed by atoms with E-state index < -0.39 is 0 Å². The quantitative estimate of drug-likeness (QED) is 0.818. The van der Waals surface area contributed by atoms with Crippen LogP contribution in [0.2, 0.25) is 0 Å². The number of benzene rings is 1. The van der Waals surface area contributed by atoms with Crippen LogP contribution in [0.5, 0.6) is 5.75 Å². The van der Waals surface area contributed by atoms with Gasteiger partial charge in [-0.2, -0.15) is 4.98 Å². The average Bonchev–Trinajstić information content (AvgIpc) is 2.76. The SMILES string of the molecule is CCc1noc(COc2ccc(F)cc2C)n1. The molecule has 1 aromatic carbocycles. The third-order valence-electron chi connectivity index (χ3n) is 2.31. The maximum atomic E-state index is 12.9. The highest BCUT2D eigenvalue weighted by Crippen LogP contribution is 2.19. The van der Waals surface area contributed by atoms with Gasteiger partial charge < -0.3 is 9.26 Å². The lowest BCUT2D eigenvalue weighted by molar-refractivity contribution is 0.241. The molecular weight excluding hydrogens is 223 g/mol. The normalized spacial score (nSPS) is 10.5. The van der Waals surface area contributed by atoms with Gasteiger partial charge in [0.2, 0.25) is 0 Å². The highest BCUT2D eigenvalue weighted by Gasteiger charge is 2.07. The number of aromatic nitrogens is 2. The Morgan fingerprint density at radius 3 is 2.88 bits per heavy atom. The predicted octanol–water partition coefficient (Wildman–Crippen LogP) is 2.66. The standard InChI is InChI=1S/C12H13FN2O2/c1-3-11-14-12(17-15-11)7-16-10-5-4-9(13)6-8(10)2/h4-6H,3,7H2,1-2H3. The third-order valence-corrected chi connectivity index (χ3v) is 2.31. The lowest BCUT2D eigenvalue weighted by Gasteiger charge is -2.06. The van der Waals surface area contributed by atoms with Gasteiger partial charge in [-0.3, -0.25) is 0 Å². The summed E-state index contributed by atoms with van der Waals surface area (Å²) in [6.45, 7) is 3.92. The maximum Gasteiger partial charge on any atom is 0.264 e. The predicted molar refractivity (Wildman–Crippen MR) is 59.1 cm³/mol. The molecule has 0 N–H and O–H groups in total. The van der Waals surface area contributed by atoms with Gasteiger partial charge in [-0.15, -0.1) is 0 Å². The van der Waals surface area contributed by atoms with E-state index in [1.54, 1.807) is 13.0 Å². The van der Waals surface area contributed by atoms with Gasteiger partial charge in [0.15, 0.2) is 12.4 Å². The molecule has 5 heteroatoms. The molecule has 0 amide bonds. The van der Waals surface area contributed by atoms with E-state index in [0.29, 0.717) is 17.5 Å². The minimum atomic E-state index is -0.277. The first-order valence-corrected chi connectivity index (χ1v) is 5.39. The van der Waals surface area contributed by atoms with E-state index in [9.17, 15) is 4.39 Å². The molecule has 17 heavy (non-hydrogen) atoms. The molecule has 0 unspecified atom stereocenters. The fourth-order valence-electron chi connectivity index (χ4n) is 1.41. The Kier molecular flexibility index (Phi) is 3.37. The molecule has 4 nitrogen and oxygen atoms in total. The summed E-state index contributed by atoms with van der Waals surface area (Å²) >= 11 is 0. The Labute approximate surface area is 98.4 Å². The van der Waals surface area contributed by atoms with Gasteiger partial charge in [0.25, 0.3) is 5.89 Å². The Bertz CT molecular complexity index is 511. The van der Waals surface area contributed by atoms with Crippen molar-refractivity contribution in [2.75, 3.05) is 0 Å². The van der Waals surface area contributed by atoms with Crippen molar-refractivity contribution in [2.24, 2.45) is 0 Å². The van der Waals surface area contributed by atoms with Crippen molar-refractivity contribution in [3.05, 3.63) is 41.3 Å². The van der Waals surface area contributed by atoms with Crippen molar-refractivity contribution in [3.8, 4) is 5.75 Å². The molecule has 0 aliphatic carbocycles. The number of rotatable bonds is 4. The molecule has 0 bridgehead atoms. The topological polar surface area (TPSA) is 48.2 Å². The molecule has 2 rings (SSSR count). The number of nitrogens with zero attached hydrogens (tertiary/aromatic N) is 2. The molecule has 0 aliphatic heterocycles. The van der Waals surface area contributed by atoms with Gasteiger partial charge in [0.05, 0.1) is 0 Å². The zero-order valence-electron chi connectivity index (χ0n) is 9.74. The molecule has 2 aromatic rings. The minimum absolute atomic E-state index is 0.194. The van der Waals surface area contributed by atoms with Crippen LogP contribution in [0.15, 0.2) is 22.7 Å². The zero-order valence-corrected chi connectivity index (χ0v) is 9.74. The Balaban J connectivity index is 2.02. The van der Waals surface area contributed by atoms with Crippen LogP contribution in [-0.2, 0) is 13.0 Å². The summed E-state index contributed by atoms with van der Waals surface area (Å²) < 4.78 is 23.3. The van der Waals surface area contributed by atoms with Crippen molar-refractivity contribution < 1.29 is 13.7 Å². The molecular formula is C12H13FN2O2. The largest absolute Gasteiger partial charge is 0.483 e. The summed E-state index contributed by atoms with van der Waals surface area (Å²) in [5.41, 5.74) is 0.736. The van der Waals surface area contributed by atoms with Crippen LogP contribution in [0, 0.1) is 12.7 Å². The van der Waals surface area contributed by atoms with E-state index in [1.165, 1.54) is 12.1 Å². The first kappa shape index (κ1) is 11.6. The second-order valence-corrected chi connectivity index (χ2v) is 3.66. The van der Waals surface area contributed by atoms with Gasteiger partial charge in [-0.1, -0.05) is 12.1 Å². The molecule has 0 atom stereocenters. The number of ether oxygens (including phenoxy) is 1. The van der Waals surface area contributed by atoms with E-state index in [0.717, 1.165) is 12.0 Å². The van der Waals surface area contributed by atoms with Crippen molar-refractivity contribution in [1.29, 1.82) is 0 Å². The zero-order chi connectivity index (χ0) is 12.3. The molecule has 0 aliphatic rings. The number of hydrogen-bond acceptors (Lipinski definition) is 4. The molecule has 90 valence electrons. The van der Waals surface area contributed by atoms with Crippen molar-refractivity contribution >= 4 is 0 Å². The lowest BCUT2D eigenvalue weighted by Crippen LogP contribution is -1.98. The van der Waals surface area contributed by atoms with Crippen LogP contribution in [0.3, 0.4) is 0 Å². The van der Waals surface area contributed by atoms with E-state index >= 15 is 0 Å². The number of aryl methyl sites for hydroxylation is 2. The molecule has 0 saturated heterocycles. The van der Waals surface area contributed by atoms with Gasteiger partial charge in [-0.25, -0.2) is 4.39 Å². The summed E-state index contributed by atoms with van der Waals surface area (Å²) in [5.74, 6) is 1.41. The van der Waals surface area contributed by atoms with Crippen LogP contribution < -0.4 is 4.74 Å². The summed E-state index contributed by atoms with van der Waals surface area (Å²) in [5, 5.41) is 3.76. The van der Waals surface area contributed by atoms with Gasteiger partial charge in [0.1, 0.15) is 11.6 Å². The summed E-state index contributed by atoms with van der Waals surface area (Å²) in [6.07, 6.45) is 0.721. The minimum Gasteiger partial charge on any atom is -0.483 e. The second-order valence-electron chi connectivity index (χ2n) is 3.66. The monoisotopic (exact) mass is 236 g/mol. The Morgan fingerprint density at radius 1 is 1.41 bits per heavy atom. The fourth-order valence-corrected chi connectivity index (χ4v) is 1.41. The highest BCUT2D eigenvalue weighted by molar-refractivity contribution is 5.32. The third kappa shape index (κ3) is 2.81. The maximum absolute atomic E-state index is 12.9.